The van der Waals surface area contributed by atoms with Crippen LogP contribution in [0.1, 0.15) is 38.7 Å². The first-order chi connectivity index (χ1) is 10.2. The Morgan fingerprint density at radius 2 is 2.09 bits per heavy atom. The highest BCUT2D eigenvalue weighted by Crippen LogP contribution is 2.45. The topological polar surface area (TPSA) is 92.8 Å². The quantitative estimate of drug-likeness (QED) is 0.685. The van der Waals surface area contributed by atoms with Crippen LogP contribution in [0.15, 0.2) is 29.3 Å². The lowest BCUT2D eigenvalue weighted by molar-refractivity contribution is -0.384. The largest absolute Gasteiger partial charge is 0.480 e. The van der Waals surface area contributed by atoms with Crippen molar-refractivity contribution in [1.82, 2.24) is 0 Å². The van der Waals surface area contributed by atoms with Gasteiger partial charge in [0.05, 0.1) is 4.92 Å². The second-order valence-corrected chi connectivity index (χ2v) is 6.70. The van der Waals surface area contributed by atoms with E-state index in [0.29, 0.717) is 6.42 Å². The molecule has 6 heteroatoms. The number of benzene rings is 1. The van der Waals surface area contributed by atoms with Crippen LogP contribution in [-0.2, 0) is 4.79 Å². The van der Waals surface area contributed by atoms with Crippen molar-refractivity contribution >= 4 is 17.9 Å². The Bertz CT molecular complexity index is 619. The maximum Gasteiger partial charge on any atom is 0.328 e. The number of non-ortho nitro benzene ring substituents is 1. The van der Waals surface area contributed by atoms with Crippen LogP contribution >= 0.6 is 0 Å². The predicted octanol–water partition coefficient (Wildman–Crippen LogP) is 3.27. The third kappa shape index (κ3) is 3.16. The summed E-state index contributed by atoms with van der Waals surface area (Å²) >= 11 is 0. The van der Waals surface area contributed by atoms with Crippen molar-refractivity contribution in [2.75, 3.05) is 0 Å². The summed E-state index contributed by atoms with van der Waals surface area (Å²) in [7, 11) is 0. The number of nitro benzene ring substituents is 1. The van der Waals surface area contributed by atoms with Crippen molar-refractivity contribution in [3.63, 3.8) is 0 Å². The molecule has 0 radical (unpaired) electrons. The highest BCUT2D eigenvalue weighted by Gasteiger charge is 2.43. The molecule has 0 saturated carbocycles. The Morgan fingerprint density at radius 1 is 1.41 bits per heavy atom. The lowest BCUT2D eigenvalue weighted by Gasteiger charge is -2.41. The summed E-state index contributed by atoms with van der Waals surface area (Å²) in [5.41, 5.74) is 0.543. The second-order valence-electron chi connectivity index (χ2n) is 6.70. The Labute approximate surface area is 129 Å². The van der Waals surface area contributed by atoms with E-state index >= 15 is 0 Å². The molecule has 3 unspecified atom stereocenters. The van der Waals surface area contributed by atoms with Gasteiger partial charge in [-0.15, -0.1) is 0 Å². The van der Waals surface area contributed by atoms with E-state index in [9.17, 15) is 20.0 Å². The molecule has 1 aromatic carbocycles. The number of hydrogen-bond acceptors (Lipinski definition) is 4. The SMILES string of the molecule is CC(C)(C)C1C(C(=O)O)N=CCC1c1cccc([N+](=O)[O-])c1. The van der Waals surface area contributed by atoms with E-state index in [-0.39, 0.29) is 22.9 Å². The van der Waals surface area contributed by atoms with Crippen LogP contribution in [-0.4, -0.2) is 28.3 Å². The summed E-state index contributed by atoms with van der Waals surface area (Å²) in [5, 5.41) is 20.4. The lowest BCUT2D eigenvalue weighted by Crippen LogP contribution is -2.42. The summed E-state index contributed by atoms with van der Waals surface area (Å²) in [4.78, 5) is 26.2. The number of nitrogens with zero attached hydrogens (tertiary/aromatic N) is 2. The van der Waals surface area contributed by atoms with E-state index in [4.69, 9.17) is 0 Å². The molecule has 0 aromatic heterocycles. The summed E-state index contributed by atoms with van der Waals surface area (Å²) in [6.45, 7) is 5.95. The Hall–Kier alpha value is -2.24. The van der Waals surface area contributed by atoms with Gasteiger partial charge in [-0.1, -0.05) is 32.9 Å². The summed E-state index contributed by atoms with van der Waals surface area (Å²) in [6, 6.07) is 5.64. The zero-order chi connectivity index (χ0) is 16.5. The number of nitro groups is 1. The van der Waals surface area contributed by atoms with Crippen molar-refractivity contribution in [2.24, 2.45) is 16.3 Å². The fourth-order valence-electron chi connectivity index (χ4n) is 3.25. The van der Waals surface area contributed by atoms with Gasteiger partial charge in [-0.25, -0.2) is 4.79 Å². The average molecular weight is 304 g/mol. The molecule has 1 N–H and O–H groups in total. The van der Waals surface area contributed by atoms with Crippen molar-refractivity contribution in [1.29, 1.82) is 0 Å². The average Bonchev–Trinajstić information content (AvgIpc) is 2.45. The first kappa shape index (κ1) is 16.1. The molecule has 0 amide bonds. The van der Waals surface area contributed by atoms with Gasteiger partial charge in [-0.2, -0.15) is 0 Å². The maximum atomic E-state index is 11.5. The molecule has 118 valence electrons. The molecule has 22 heavy (non-hydrogen) atoms. The normalized spacial score (nSPS) is 25.0. The molecule has 1 aliphatic rings. The molecular weight excluding hydrogens is 284 g/mol. The smallest absolute Gasteiger partial charge is 0.328 e. The van der Waals surface area contributed by atoms with Gasteiger partial charge in [0.25, 0.3) is 5.69 Å². The monoisotopic (exact) mass is 304 g/mol. The number of hydrogen-bond donors (Lipinski definition) is 1. The highest BCUT2D eigenvalue weighted by atomic mass is 16.6. The molecule has 0 aliphatic carbocycles. The Kier molecular flexibility index (Phi) is 4.30. The number of aliphatic carboxylic acids is 1. The highest BCUT2D eigenvalue weighted by molar-refractivity contribution is 5.78. The fraction of sp³-hybridized carbons (Fsp3) is 0.500. The summed E-state index contributed by atoms with van der Waals surface area (Å²) in [5.74, 6) is -1.28. The van der Waals surface area contributed by atoms with Gasteiger partial charge in [-0.3, -0.25) is 15.1 Å². The minimum Gasteiger partial charge on any atom is -0.480 e. The third-order valence-corrected chi connectivity index (χ3v) is 4.16. The van der Waals surface area contributed by atoms with Crippen molar-refractivity contribution < 1.29 is 14.8 Å². The number of carboxylic acid groups (broad SMARTS) is 1. The number of carboxylic acids is 1. The molecule has 0 spiro atoms. The van der Waals surface area contributed by atoms with Gasteiger partial charge in [0.2, 0.25) is 0 Å². The van der Waals surface area contributed by atoms with Crippen molar-refractivity contribution in [2.45, 2.75) is 39.2 Å². The zero-order valence-electron chi connectivity index (χ0n) is 12.9. The second kappa shape index (κ2) is 5.87. The van der Waals surface area contributed by atoms with Gasteiger partial charge >= 0.3 is 5.97 Å². The van der Waals surface area contributed by atoms with Crippen LogP contribution in [0.25, 0.3) is 0 Å². The van der Waals surface area contributed by atoms with E-state index in [1.165, 1.54) is 6.07 Å². The van der Waals surface area contributed by atoms with Crippen LogP contribution < -0.4 is 0 Å². The standard InChI is InChI=1S/C16H20N2O4/c1-16(2,3)13-12(7-8-17-14(13)15(19)20)10-5-4-6-11(9-10)18(21)22/h4-6,8-9,12-14H,7H2,1-3H3,(H,19,20). The molecule has 2 rings (SSSR count). The molecule has 3 atom stereocenters. The van der Waals surface area contributed by atoms with Crippen LogP contribution in [0.4, 0.5) is 5.69 Å². The minimum atomic E-state index is -0.952. The zero-order valence-corrected chi connectivity index (χ0v) is 12.9. The predicted molar refractivity (Wildman–Crippen MR) is 83.3 cm³/mol. The van der Waals surface area contributed by atoms with Crippen LogP contribution in [0.3, 0.4) is 0 Å². The Morgan fingerprint density at radius 3 is 2.64 bits per heavy atom. The van der Waals surface area contributed by atoms with E-state index < -0.39 is 16.9 Å². The first-order valence-electron chi connectivity index (χ1n) is 7.20. The van der Waals surface area contributed by atoms with Crippen LogP contribution in [0.5, 0.6) is 0 Å². The van der Waals surface area contributed by atoms with Crippen molar-refractivity contribution in [3.8, 4) is 0 Å². The molecule has 1 aromatic rings. The summed E-state index contributed by atoms with van der Waals surface area (Å²) in [6.07, 6.45) is 2.22. The van der Waals surface area contributed by atoms with E-state index in [1.54, 1.807) is 18.3 Å². The molecule has 0 saturated heterocycles. The summed E-state index contributed by atoms with van der Waals surface area (Å²) < 4.78 is 0. The number of rotatable bonds is 3. The molecule has 0 fully saturated rings. The van der Waals surface area contributed by atoms with Gasteiger partial charge in [0.1, 0.15) is 0 Å². The third-order valence-electron chi connectivity index (χ3n) is 4.16. The lowest BCUT2D eigenvalue weighted by atomic mass is 9.65. The number of aliphatic imine (C=N–C) groups is 1. The van der Waals surface area contributed by atoms with E-state index in [0.717, 1.165) is 5.56 Å². The molecule has 1 aliphatic heterocycles. The van der Waals surface area contributed by atoms with Gasteiger partial charge < -0.3 is 5.11 Å². The maximum absolute atomic E-state index is 11.5. The van der Waals surface area contributed by atoms with Crippen molar-refractivity contribution in [3.05, 3.63) is 39.9 Å². The van der Waals surface area contributed by atoms with Crippen LogP contribution in [0, 0.1) is 21.4 Å². The Balaban J connectivity index is 2.48. The van der Waals surface area contributed by atoms with Gasteiger partial charge in [0, 0.05) is 24.3 Å². The van der Waals surface area contributed by atoms with E-state index in [2.05, 4.69) is 4.99 Å². The van der Waals surface area contributed by atoms with E-state index in [1.807, 2.05) is 26.8 Å². The number of carbonyl (C=O) groups is 1. The minimum absolute atomic E-state index is 0.0274. The molecule has 6 nitrogen and oxygen atoms in total. The molecular formula is C16H20N2O4. The molecule has 0 bridgehead atoms. The van der Waals surface area contributed by atoms with Crippen LogP contribution in [0.2, 0.25) is 0 Å². The first-order valence-corrected chi connectivity index (χ1v) is 7.20. The van der Waals surface area contributed by atoms with Gasteiger partial charge in [-0.05, 0) is 23.3 Å². The van der Waals surface area contributed by atoms with Gasteiger partial charge in [0.15, 0.2) is 6.04 Å². The molecule has 1 heterocycles. The fourth-order valence-corrected chi connectivity index (χ4v) is 3.25.